The van der Waals surface area contributed by atoms with Crippen LogP contribution in [0.2, 0.25) is 0 Å². The highest BCUT2D eigenvalue weighted by atomic mass is 19.3. The van der Waals surface area contributed by atoms with Crippen molar-refractivity contribution in [1.29, 1.82) is 0 Å². The first-order valence-electron chi connectivity index (χ1n) is 3.66. The molecule has 0 aromatic heterocycles. The largest absolute Gasteiger partial charge is 0.391 e. The van der Waals surface area contributed by atoms with Gasteiger partial charge in [-0.05, 0) is 4.53 Å². The summed E-state index contributed by atoms with van der Waals surface area (Å²) in [6, 6.07) is 0. The average Bonchev–Trinajstić information content (AvgIpc) is 2.13. The molecule has 0 aromatic carbocycles. The van der Waals surface area contributed by atoms with E-state index in [1.807, 2.05) is 0 Å². The predicted molar refractivity (Wildman–Crippen MR) is 36.0 cm³/mol. The molecule has 6 nitrogen and oxygen atoms in total. The van der Waals surface area contributed by atoms with Crippen LogP contribution in [-0.4, -0.2) is 57.7 Å². The van der Waals surface area contributed by atoms with Gasteiger partial charge >= 0.3 is 0 Å². The molecule has 1 unspecified atom stereocenters. The minimum absolute atomic E-state index is 0.428. The molecule has 78 valence electrons. The highest BCUT2D eigenvalue weighted by Crippen LogP contribution is 2.25. The van der Waals surface area contributed by atoms with Crippen LogP contribution in [0.3, 0.4) is 0 Å². The van der Waals surface area contributed by atoms with Crippen molar-refractivity contribution >= 4 is 0 Å². The fourth-order valence-electron chi connectivity index (χ4n) is 1.12. The van der Waals surface area contributed by atoms with Crippen LogP contribution in [0.15, 0.2) is 0 Å². The Morgan fingerprint density at radius 3 is 2.62 bits per heavy atom. The van der Waals surface area contributed by atoms with Crippen LogP contribution in [0.1, 0.15) is 0 Å². The summed E-state index contributed by atoms with van der Waals surface area (Å²) < 4.78 is 16.3. The van der Waals surface area contributed by atoms with Crippen molar-refractivity contribution in [3.63, 3.8) is 0 Å². The zero-order valence-electron chi connectivity index (χ0n) is 6.63. The quantitative estimate of drug-likeness (QED) is 0.398. The minimum atomic E-state index is -2.28. The number of hydrogen-bond acceptors (Lipinski definition) is 6. The molecular formula is C6H11FO6. The van der Waals surface area contributed by atoms with Gasteiger partial charge in [0.05, 0.1) is 13.2 Å². The van der Waals surface area contributed by atoms with Crippen LogP contribution in [0.4, 0.5) is 4.53 Å². The van der Waals surface area contributed by atoms with Gasteiger partial charge in [-0.25, -0.2) is 0 Å². The van der Waals surface area contributed by atoms with E-state index in [1.165, 1.54) is 0 Å². The minimum Gasteiger partial charge on any atom is -0.391 e. The van der Waals surface area contributed by atoms with Gasteiger partial charge < -0.3 is 25.2 Å². The second-order valence-electron chi connectivity index (χ2n) is 2.88. The summed E-state index contributed by atoms with van der Waals surface area (Å²) in [4.78, 5) is 3.26. The summed E-state index contributed by atoms with van der Waals surface area (Å²) in [5.41, 5.74) is 0. The molecule has 4 N–H and O–H groups in total. The summed E-state index contributed by atoms with van der Waals surface area (Å²) in [6.07, 6.45) is -4.84. The predicted octanol–water partition coefficient (Wildman–Crippen LogP) is -2.31. The molecule has 0 saturated carbocycles. The highest BCUT2D eigenvalue weighted by Gasteiger charge is 2.50. The van der Waals surface area contributed by atoms with Crippen LogP contribution in [0.25, 0.3) is 0 Å². The number of aliphatic hydroxyl groups excluding tert-OH is 3. The Bertz CT molecular complexity index is 179. The van der Waals surface area contributed by atoms with Crippen LogP contribution >= 0.6 is 0 Å². The number of ether oxygens (including phenoxy) is 1. The summed E-state index contributed by atoms with van der Waals surface area (Å²) in [7, 11) is 0. The van der Waals surface area contributed by atoms with E-state index in [0.29, 0.717) is 0 Å². The Balaban J connectivity index is 2.74. The maximum atomic E-state index is 11.8. The Morgan fingerprint density at radius 1 is 1.54 bits per heavy atom. The van der Waals surface area contributed by atoms with Gasteiger partial charge in [0.1, 0.15) is 12.2 Å². The lowest BCUT2D eigenvalue weighted by atomic mass is 9.97. The molecule has 4 atom stereocenters. The van der Waals surface area contributed by atoms with Gasteiger partial charge in [-0.2, -0.15) is 4.94 Å². The first-order valence-corrected chi connectivity index (χ1v) is 3.66. The van der Waals surface area contributed by atoms with E-state index in [9.17, 15) is 14.7 Å². The van der Waals surface area contributed by atoms with E-state index in [1.54, 1.807) is 0 Å². The lowest BCUT2D eigenvalue weighted by Crippen LogP contribution is -2.62. The molecule has 0 spiro atoms. The van der Waals surface area contributed by atoms with E-state index < -0.39 is 37.3 Å². The first kappa shape index (κ1) is 10.8. The molecule has 0 aromatic rings. The van der Waals surface area contributed by atoms with Crippen molar-refractivity contribution in [2.45, 2.75) is 24.1 Å². The summed E-state index contributed by atoms with van der Waals surface area (Å²) in [5, 5.41) is 36.1. The van der Waals surface area contributed by atoms with Gasteiger partial charge in [0.25, 0.3) is 0 Å². The number of aliphatic hydroxyl groups is 4. The van der Waals surface area contributed by atoms with Gasteiger partial charge in [0.2, 0.25) is 5.79 Å². The highest BCUT2D eigenvalue weighted by molar-refractivity contribution is 4.91. The SMILES string of the molecule is OCC1(O)OC[C@@H](O)[C@@H](OF)[C@@H]1O. The summed E-state index contributed by atoms with van der Waals surface area (Å²) in [6.45, 7) is -1.34. The third-order valence-electron chi connectivity index (χ3n) is 1.99. The first-order chi connectivity index (χ1) is 6.05. The molecular weight excluding hydrogens is 187 g/mol. The lowest BCUT2D eigenvalue weighted by Gasteiger charge is -2.40. The molecule has 1 saturated heterocycles. The van der Waals surface area contributed by atoms with Gasteiger partial charge in [-0.1, -0.05) is 0 Å². The van der Waals surface area contributed by atoms with Crippen LogP contribution in [0.5, 0.6) is 0 Å². The van der Waals surface area contributed by atoms with Crippen molar-refractivity contribution in [2.75, 3.05) is 13.2 Å². The molecule has 0 bridgehead atoms. The van der Waals surface area contributed by atoms with E-state index in [2.05, 4.69) is 9.68 Å². The van der Waals surface area contributed by atoms with E-state index in [0.717, 1.165) is 0 Å². The lowest BCUT2D eigenvalue weighted by molar-refractivity contribution is -0.363. The van der Waals surface area contributed by atoms with E-state index >= 15 is 0 Å². The molecule has 0 radical (unpaired) electrons. The normalized spacial score (nSPS) is 46.4. The molecule has 1 aliphatic rings. The third kappa shape index (κ3) is 1.80. The summed E-state index contributed by atoms with van der Waals surface area (Å²) in [5.74, 6) is -2.28. The summed E-state index contributed by atoms with van der Waals surface area (Å²) >= 11 is 0. The second-order valence-corrected chi connectivity index (χ2v) is 2.88. The van der Waals surface area contributed by atoms with Crippen LogP contribution in [-0.2, 0) is 9.68 Å². The standard InChI is InChI=1S/C6H11FO6/c7-13-4-3(9)1-12-6(11,2-8)5(4)10/h3-5,8-11H,1-2H2/t3-,4-,5+,6?/m1/s1. The number of hydrogen-bond donors (Lipinski definition) is 4. The van der Waals surface area contributed by atoms with Gasteiger partial charge in [-0.15, -0.1) is 0 Å². The molecule has 1 aliphatic heterocycles. The fraction of sp³-hybridized carbons (Fsp3) is 1.00. The van der Waals surface area contributed by atoms with Crippen LogP contribution < -0.4 is 0 Å². The van der Waals surface area contributed by atoms with Crippen LogP contribution in [0, 0.1) is 0 Å². The maximum Gasteiger partial charge on any atom is 0.218 e. The zero-order chi connectivity index (χ0) is 10.1. The van der Waals surface area contributed by atoms with Crippen molar-refractivity contribution in [3.05, 3.63) is 0 Å². The zero-order valence-corrected chi connectivity index (χ0v) is 6.63. The molecule has 13 heavy (non-hydrogen) atoms. The van der Waals surface area contributed by atoms with E-state index in [-0.39, 0.29) is 0 Å². The Morgan fingerprint density at radius 2 is 2.15 bits per heavy atom. The second kappa shape index (κ2) is 3.82. The molecule has 0 aliphatic carbocycles. The Kier molecular flexibility index (Phi) is 3.17. The molecule has 1 fully saturated rings. The van der Waals surface area contributed by atoms with E-state index in [4.69, 9.17) is 10.2 Å². The Labute approximate surface area is 73.0 Å². The Hall–Kier alpha value is -0.310. The maximum absolute atomic E-state index is 11.8. The molecule has 7 heteroatoms. The topological polar surface area (TPSA) is 99.4 Å². The molecule has 0 amide bonds. The monoisotopic (exact) mass is 198 g/mol. The van der Waals surface area contributed by atoms with Gasteiger partial charge in [0.15, 0.2) is 6.10 Å². The van der Waals surface area contributed by atoms with Crippen molar-refractivity contribution in [1.82, 2.24) is 0 Å². The molecule has 1 rings (SSSR count). The number of halogens is 1. The molecule has 1 heterocycles. The van der Waals surface area contributed by atoms with Gasteiger partial charge in [0, 0.05) is 0 Å². The average molecular weight is 198 g/mol. The number of rotatable bonds is 2. The van der Waals surface area contributed by atoms with Crippen molar-refractivity contribution in [2.24, 2.45) is 0 Å². The van der Waals surface area contributed by atoms with Crippen molar-refractivity contribution in [3.8, 4) is 0 Å². The third-order valence-corrected chi connectivity index (χ3v) is 1.99. The van der Waals surface area contributed by atoms with Gasteiger partial charge in [-0.3, -0.25) is 0 Å². The smallest absolute Gasteiger partial charge is 0.218 e. The fourth-order valence-corrected chi connectivity index (χ4v) is 1.12. The van der Waals surface area contributed by atoms with Crippen molar-refractivity contribution < 1.29 is 34.6 Å².